The van der Waals surface area contributed by atoms with E-state index in [0.29, 0.717) is 18.2 Å². The van der Waals surface area contributed by atoms with Gasteiger partial charge in [-0.25, -0.2) is 0 Å². The fraction of sp³-hybridized carbons (Fsp3) is 1.00. The van der Waals surface area contributed by atoms with E-state index in [4.69, 9.17) is 4.55 Å². The molecule has 0 saturated carbocycles. The first kappa shape index (κ1) is 17.2. The average molecular weight is 283 g/mol. The molecule has 0 spiro atoms. The molecule has 1 atom stereocenters. The Morgan fingerprint density at radius 2 is 1.94 bits per heavy atom. The molecule has 0 aliphatic rings. The van der Waals surface area contributed by atoms with Crippen LogP contribution in [0.4, 0.5) is 0 Å². The Balaban J connectivity index is 3.30. The first-order valence-electron chi connectivity index (χ1n) is 6.29. The van der Waals surface area contributed by atoms with Crippen LogP contribution in [0, 0.1) is 0 Å². The van der Waals surface area contributed by atoms with Crippen LogP contribution in [-0.4, -0.2) is 37.1 Å². The zero-order valence-electron chi connectivity index (χ0n) is 10.6. The Morgan fingerprint density at radius 1 is 1.24 bits per heavy atom. The molecule has 0 amide bonds. The Bertz CT molecular complexity index is 268. The van der Waals surface area contributed by atoms with Crippen LogP contribution in [0.5, 0.6) is 0 Å². The van der Waals surface area contributed by atoms with Gasteiger partial charge in [0.15, 0.2) is 0 Å². The first-order chi connectivity index (χ1) is 7.95. The van der Waals surface area contributed by atoms with Gasteiger partial charge in [0.05, 0.1) is 5.75 Å². The molecule has 4 nitrogen and oxygen atoms in total. The van der Waals surface area contributed by atoms with Crippen LogP contribution < -0.4 is 5.32 Å². The molecule has 0 aromatic rings. The predicted octanol–water partition coefficient (Wildman–Crippen LogP) is 2.12. The molecule has 0 aliphatic heterocycles. The van der Waals surface area contributed by atoms with Gasteiger partial charge in [0, 0.05) is 11.8 Å². The minimum atomic E-state index is -3.80. The van der Waals surface area contributed by atoms with E-state index in [-0.39, 0.29) is 5.75 Å². The molecule has 0 heterocycles. The van der Waals surface area contributed by atoms with E-state index in [2.05, 4.69) is 24.9 Å². The van der Waals surface area contributed by atoms with Crippen LogP contribution in [0.2, 0.25) is 0 Å². The summed E-state index contributed by atoms with van der Waals surface area (Å²) in [5, 5.41) is 3.48. The molecule has 0 aromatic heterocycles. The molecule has 0 radical (unpaired) electrons. The average Bonchev–Trinajstić information content (AvgIpc) is 2.22. The number of nitrogens with one attached hydrogen (secondary N) is 1. The monoisotopic (exact) mass is 283 g/mol. The number of rotatable bonds is 11. The van der Waals surface area contributed by atoms with E-state index in [0.717, 1.165) is 13.0 Å². The molecule has 0 bridgehead atoms. The molecule has 0 aromatic carbocycles. The van der Waals surface area contributed by atoms with E-state index in [1.54, 1.807) is 0 Å². The molecule has 17 heavy (non-hydrogen) atoms. The molecule has 0 fully saturated rings. The van der Waals surface area contributed by atoms with Crippen molar-refractivity contribution in [2.45, 2.75) is 50.7 Å². The Labute approximate surface area is 111 Å². The Hall–Kier alpha value is 0.220. The van der Waals surface area contributed by atoms with Gasteiger partial charge in [-0.1, -0.05) is 32.6 Å². The largest absolute Gasteiger partial charge is 0.316 e. The summed E-state index contributed by atoms with van der Waals surface area (Å²) in [5.74, 6) is -0.173. The van der Waals surface area contributed by atoms with Gasteiger partial charge < -0.3 is 5.32 Å². The van der Waals surface area contributed by atoms with Gasteiger partial charge in [-0.15, -0.1) is 0 Å². The maximum absolute atomic E-state index is 10.4. The molecule has 0 rings (SSSR count). The maximum Gasteiger partial charge on any atom is 0.264 e. The molecule has 104 valence electrons. The second-order valence-corrected chi connectivity index (χ2v) is 6.65. The highest BCUT2D eigenvalue weighted by atomic mass is 32.2. The standard InChI is InChI=1S/C11H25NO3S2/c1-2-3-4-5-7-11(16)10-12-8-6-9-17(13,14)15/h11-12,16H,2-10H2,1H3,(H,13,14,15). The number of hydrogen-bond donors (Lipinski definition) is 3. The summed E-state index contributed by atoms with van der Waals surface area (Å²) < 4.78 is 29.4. The molecule has 0 aliphatic carbocycles. The third-order valence-electron chi connectivity index (χ3n) is 2.53. The smallest absolute Gasteiger partial charge is 0.264 e. The van der Waals surface area contributed by atoms with Crippen molar-refractivity contribution in [1.29, 1.82) is 0 Å². The Morgan fingerprint density at radius 3 is 2.53 bits per heavy atom. The molecule has 0 saturated heterocycles. The molecular weight excluding hydrogens is 258 g/mol. The van der Waals surface area contributed by atoms with Crippen molar-refractivity contribution in [3.05, 3.63) is 0 Å². The predicted molar refractivity (Wildman–Crippen MR) is 75.4 cm³/mol. The highest BCUT2D eigenvalue weighted by molar-refractivity contribution is 7.85. The molecular formula is C11H25NO3S2. The summed E-state index contributed by atoms with van der Waals surface area (Å²) in [6, 6.07) is 0. The lowest BCUT2D eigenvalue weighted by Gasteiger charge is -2.11. The van der Waals surface area contributed by atoms with Crippen molar-refractivity contribution in [2.24, 2.45) is 0 Å². The van der Waals surface area contributed by atoms with Gasteiger partial charge in [0.2, 0.25) is 0 Å². The number of hydrogen-bond acceptors (Lipinski definition) is 4. The zero-order chi connectivity index (χ0) is 13.1. The van der Waals surface area contributed by atoms with Gasteiger partial charge in [-0.05, 0) is 19.4 Å². The van der Waals surface area contributed by atoms with E-state index < -0.39 is 10.1 Å². The second kappa shape index (κ2) is 10.2. The highest BCUT2D eigenvalue weighted by Crippen LogP contribution is 2.08. The topological polar surface area (TPSA) is 66.4 Å². The van der Waals surface area contributed by atoms with Crippen molar-refractivity contribution in [3.8, 4) is 0 Å². The quantitative estimate of drug-likeness (QED) is 0.309. The van der Waals surface area contributed by atoms with Crippen LogP contribution in [0.15, 0.2) is 0 Å². The van der Waals surface area contributed by atoms with Crippen molar-refractivity contribution in [2.75, 3.05) is 18.8 Å². The van der Waals surface area contributed by atoms with Gasteiger partial charge in [0.1, 0.15) is 0 Å². The lowest BCUT2D eigenvalue weighted by Crippen LogP contribution is -2.25. The van der Waals surface area contributed by atoms with Crippen molar-refractivity contribution < 1.29 is 13.0 Å². The third-order valence-corrected chi connectivity index (χ3v) is 3.77. The van der Waals surface area contributed by atoms with E-state index >= 15 is 0 Å². The lowest BCUT2D eigenvalue weighted by molar-refractivity contribution is 0.479. The summed E-state index contributed by atoms with van der Waals surface area (Å²) in [7, 11) is -3.80. The highest BCUT2D eigenvalue weighted by Gasteiger charge is 2.05. The Kier molecular flexibility index (Phi) is 10.3. The summed E-state index contributed by atoms with van der Waals surface area (Å²) in [5.41, 5.74) is 0. The van der Waals surface area contributed by atoms with Crippen LogP contribution >= 0.6 is 12.6 Å². The van der Waals surface area contributed by atoms with Crippen LogP contribution in [0.1, 0.15) is 45.4 Å². The SMILES string of the molecule is CCCCCCC(S)CNCCCS(=O)(=O)O. The van der Waals surface area contributed by atoms with Crippen LogP contribution in [-0.2, 0) is 10.1 Å². The zero-order valence-corrected chi connectivity index (χ0v) is 12.3. The summed E-state index contributed by atoms with van der Waals surface area (Å²) in [4.78, 5) is 0. The first-order valence-corrected chi connectivity index (χ1v) is 8.42. The van der Waals surface area contributed by atoms with Gasteiger partial charge in [-0.2, -0.15) is 21.0 Å². The second-order valence-electron chi connectivity index (χ2n) is 4.35. The van der Waals surface area contributed by atoms with Crippen molar-refractivity contribution in [3.63, 3.8) is 0 Å². The summed E-state index contributed by atoms with van der Waals surface area (Å²) in [6.45, 7) is 3.58. The molecule has 2 N–H and O–H groups in total. The normalized spacial score (nSPS) is 13.8. The maximum atomic E-state index is 10.4. The van der Waals surface area contributed by atoms with Gasteiger partial charge in [0.25, 0.3) is 10.1 Å². The number of unbranched alkanes of at least 4 members (excludes halogenated alkanes) is 3. The molecule has 6 heteroatoms. The minimum Gasteiger partial charge on any atom is -0.316 e. The third kappa shape index (κ3) is 14.2. The minimum absolute atomic E-state index is 0.173. The van der Waals surface area contributed by atoms with E-state index in [1.165, 1.54) is 25.7 Å². The van der Waals surface area contributed by atoms with Crippen molar-refractivity contribution >= 4 is 22.7 Å². The summed E-state index contributed by atoms with van der Waals surface area (Å²) in [6.07, 6.45) is 6.52. The van der Waals surface area contributed by atoms with Gasteiger partial charge in [-0.3, -0.25) is 4.55 Å². The van der Waals surface area contributed by atoms with Crippen LogP contribution in [0.25, 0.3) is 0 Å². The fourth-order valence-electron chi connectivity index (χ4n) is 1.56. The number of thiol groups is 1. The fourth-order valence-corrected chi connectivity index (χ4v) is 2.38. The van der Waals surface area contributed by atoms with E-state index in [9.17, 15) is 8.42 Å². The van der Waals surface area contributed by atoms with Gasteiger partial charge >= 0.3 is 0 Å². The van der Waals surface area contributed by atoms with Crippen molar-refractivity contribution in [1.82, 2.24) is 5.32 Å². The molecule has 1 unspecified atom stereocenters. The van der Waals surface area contributed by atoms with Crippen LogP contribution in [0.3, 0.4) is 0 Å². The lowest BCUT2D eigenvalue weighted by atomic mass is 10.1. The summed E-state index contributed by atoms with van der Waals surface area (Å²) >= 11 is 4.46. The van der Waals surface area contributed by atoms with E-state index in [1.807, 2.05) is 0 Å².